The van der Waals surface area contributed by atoms with Crippen molar-refractivity contribution in [1.82, 2.24) is 0 Å². The summed E-state index contributed by atoms with van der Waals surface area (Å²) in [5.74, 6) is 5.45. The van der Waals surface area contributed by atoms with Crippen LogP contribution in [0.4, 0.5) is 0 Å². The molecule has 3 nitrogen and oxygen atoms in total. The van der Waals surface area contributed by atoms with Crippen LogP contribution in [-0.4, -0.2) is 17.7 Å². The third kappa shape index (κ3) is 4.00. The average molecular weight is 378 g/mol. The summed E-state index contributed by atoms with van der Waals surface area (Å²) in [6, 6.07) is 14.4. The molecule has 0 saturated carbocycles. The van der Waals surface area contributed by atoms with Crippen LogP contribution in [0.3, 0.4) is 0 Å². The fourth-order valence-electron chi connectivity index (χ4n) is 1.52. The minimum absolute atomic E-state index is 0.205. The normalized spacial score (nSPS) is 9.45. The number of hydrogen-bond acceptors (Lipinski definition) is 2. The van der Waals surface area contributed by atoms with Gasteiger partial charge in [-0.15, -0.1) is 0 Å². The van der Waals surface area contributed by atoms with Crippen molar-refractivity contribution in [2.24, 2.45) is 0 Å². The molecule has 20 heavy (non-hydrogen) atoms. The van der Waals surface area contributed by atoms with Gasteiger partial charge in [-0.05, 0) is 52.9 Å². The highest BCUT2D eigenvalue weighted by Gasteiger charge is 2.07. The standard InChI is InChI=1S/C16H11IO3/c17-14-9-8-13(16(18)19)11-15(14)20-10-4-7-12-5-2-1-3-6-12/h1-3,5-6,8-9,11H,10H2,(H,18,19). The van der Waals surface area contributed by atoms with Crippen molar-refractivity contribution in [1.29, 1.82) is 0 Å². The second kappa shape index (κ2) is 6.96. The number of carboxylic acid groups (broad SMARTS) is 1. The number of carboxylic acids is 1. The number of hydrogen-bond donors (Lipinski definition) is 1. The van der Waals surface area contributed by atoms with Gasteiger partial charge in [0.1, 0.15) is 12.4 Å². The molecule has 4 heteroatoms. The maximum absolute atomic E-state index is 10.9. The smallest absolute Gasteiger partial charge is 0.335 e. The second-order valence-electron chi connectivity index (χ2n) is 3.91. The molecule has 0 aliphatic carbocycles. The lowest BCUT2D eigenvalue weighted by atomic mass is 10.2. The van der Waals surface area contributed by atoms with Gasteiger partial charge in [-0.1, -0.05) is 30.0 Å². The van der Waals surface area contributed by atoms with E-state index < -0.39 is 5.97 Å². The van der Waals surface area contributed by atoms with Crippen LogP contribution in [0, 0.1) is 15.4 Å². The number of rotatable bonds is 3. The van der Waals surface area contributed by atoms with Gasteiger partial charge < -0.3 is 9.84 Å². The fraction of sp³-hybridized carbons (Fsp3) is 0.0625. The van der Waals surface area contributed by atoms with Crippen LogP contribution in [0.5, 0.6) is 5.75 Å². The first-order chi connectivity index (χ1) is 9.66. The topological polar surface area (TPSA) is 46.5 Å². The van der Waals surface area contributed by atoms with E-state index in [1.54, 1.807) is 12.1 Å². The average Bonchev–Trinajstić information content (AvgIpc) is 2.46. The zero-order chi connectivity index (χ0) is 14.4. The van der Waals surface area contributed by atoms with Crippen molar-refractivity contribution in [2.75, 3.05) is 6.61 Å². The third-order valence-electron chi connectivity index (χ3n) is 2.48. The van der Waals surface area contributed by atoms with E-state index in [0.29, 0.717) is 5.75 Å². The van der Waals surface area contributed by atoms with Crippen LogP contribution < -0.4 is 4.74 Å². The van der Waals surface area contributed by atoms with Crippen molar-refractivity contribution < 1.29 is 14.6 Å². The Morgan fingerprint density at radius 3 is 2.65 bits per heavy atom. The summed E-state index contributed by atoms with van der Waals surface area (Å²) in [7, 11) is 0. The maximum atomic E-state index is 10.9. The predicted octanol–water partition coefficient (Wildman–Crippen LogP) is 3.42. The van der Waals surface area contributed by atoms with E-state index in [0.717, 1.165) is 9.13 Å². The van der Waals surface area contributed by atoms with Crippen molar-refractivity contribution in [3.8, 4) is 17.6 Å². The van der Waals surface area contributed by atoms with E-state index in [9.17, 15) is 4.79 Å². The molecule has 0 fully saturated rings. The van der Waals surface area contributed by atoms with Gasteiger partial charge in [0.15, 0.2) is 0 Å². The molecule has 0 unspecified atom stereocenters. The Morgan fingerprint density at radius 2 is 1.95 bits per heavy atom. The molecule has 0 aliphatic rings. The molecule has 0 amide bonds. The Bertz CT molecular complexity index is 669. The summed E-state index contributed by atoms with van der Waals surface area (Å²) in [5, 5.41) is 8.93. The maximum Gasteiger partial charge on any atom is 0.335 e. The van der Waals surface area contributed by atoms with E-state index in [1.807, 2.05) is 30.3 Å². The SMILES string of the molecule is O=C(O)c1ccc(I)c(OCC#Cc2ccccc2)c1. The molecule has 1 N–H and O–H groups in total. The summed E-state index contributed by atoms with van der Waals surface area (Å²) in [5.41, 5.74) is 1.13. The minimum Gasteiger partial charge on any atom is -0.480 e. The van der Waals surface area contributed by atoms with E-state index in [2.05, 4.69) is 34.4 Å². The molecule has 100 valence electrons. The first-order valence-electron chi connectivity index (χ1n) is 5.86. The molecule has 0 saturated heterocycles. The monoisotopic (exact) mass is 378 g/mol. The Hall–Kier alpha value is -2.00. The summed E-state index contributed by atoms with van der Waals surface area (Å²) in [4.78, 5) is 10.9. The van der Waals surface area contributed by atoms with Crippen molar-refractivity contribution in [3.63, 3.8) is 0 Å². The van der Waals surface area contributed by atoms with E-state index in [4.69, 9.17) is 9.84 Å². The summed E-state index contributed by atoms with van der Waals surface area (Å²) in [6.07, 6.45) is 0. The van der Waals surface area contributed by atoms with Crippen molar-refractivity contribution in [3.05, 3.63) is 63.2 Å². The zero-order valence-electron chi connectivity index (χ0n) is 10.5. The first-order valence-corrected chi connectivity index (χ1v) is 6.94. The van der Waals surface area contributed by atoms with Gasteiger partial charge in [-0.3, -0.25) is 0 Å². The number of carbonyl (C=O) groups is 1. The number of benzene rings is 2. The Kier molecular flexibility index (Phi) is 5.02. The van der Waals surface area contributed by atoms with Crippen LogP contribution in [-0.2, 0) is 0 Å². The minimum atomic E-state index is -0.971. The lowest BCUT2D eigenvalue weighted by Crippen LogP contribution is -2.00. The Balaban J connectivity index is 2.03. The molecule has 0 aliphatic heterocycles. The molecule has 0 atom stereocenters. The zero-order valence-corrected chi connectivity index (χ0v) is 12.6. The highest BCUT2D eigenvalue weighted by Crippen LogP contribution is 2.22. The first kappa shape index (κ1) is 14.4. The molecule has 0 radical (unpaired) electrons. The van der Waals surface area contributed by atoms with Gasteiger partial charge in [-0.2, -0.15) is 0 Å². The van der Waals surface area contributed by atoms with E-state index in [1.165, 1.54) is 6.07 Å². The number of halogens is 1. The van der Waals surface area contributed by atoms with Gasteiger partial charge >= 0.3 is 5.97 Å². The molecule has 2 aromatic carbocycles. The summed E-state index contributed by atoms with van der Waals surface area (Å²) >= 11 is 2.10. The molecular weight excluding hydrogens is 367 g/mol. The molecule has 0 bridgehead atoms. The molecule has 0 heterocycles. The quantitative estimate of drug-likeness (QED) is 0.658. The van der Waals surface area contributed by atoms with E-state index >= 15 is 0 Å². The molecular formula is C16H11IO3. The largest absolute Gasteiger partial charge is 0.480 e. The van der Waals surface area contributed by atoms with Crippen molar-refractivity contribution >= 4 is 28.6 Å². The van der Waals surface area contributed by atoms with Gasteiger partial charge in [0.05, 0.1) is 9.13 Å². The molecule has 2 rings (SSSR count). The Morgan fingerprint density at radius 1 is 1.20 bits per heavy atom. The van der Waals surface area contributed by atoms with Gasteiger partial charge in [0.2, 0.25) is 0 Å². The van der Waals surface area contributed by atoms with E-state index in [-0.39, 0.29) is 12.2 Å². The Labute approximate surface area is 130 Å². The lowest BCUT2D eigenvalue weighted by molar-refractivity contribution is 0.0696. The molecule has 0 spiro atoms. The van der Waals surface area contributed by atoms with Crippen LogP contribution in [0.1, 0.15) is 15.9 Å². The second-order valence-corrected chi connectivity index (χ2v) is 5.07. The summed E-state index contributed by atoms with van der Waals surface area (Å²) in [6.45, 7) is 0.216. The number of ether oxygens (including phenoxy) is 1. The highest BCUT2D eigenvalue weighted by molar-refractivity contribution is 14.1. The van der Waals surface area contributed by atoms with Crippen LogP contribution in [0.2, 0.25) is 0 Å². The molecule has 0 aromatic heterocycles. The third-order valence-corrected chi connectivity index (χ3v) is 3.38. The van der Waals surface area contributed by atoms with Crippen LogP contribution in [0.25, 0.3) is 0 Å². The molecule has 2 aromatic rings. The predicted molar refractivity (Wildman–Crippen MR) is 84.9 cm³/mol. The fourth-order valence-corrected chi connectivity index (χ4v) is 2.01. The van der Waals surface area contributed by atoms with Gasteiger partial charge in [-0.25, -0.2) is 4.79 Å². The van der Waals surface area contributed by atoms with Crippen LogP contribution >= 0.6 is 22.6 Å². The van der Waals surface area contributed by atoms with Gasteiger partial charge in [0.25, 0.3) is 0 Å². The van der Waals surface area contributed by atoms with Crippen LogP contribution in [0.15, 0.2) is 48.5 Å². The summed E-state index contributed by atoms with van der Waals surface area (Å²) < 4.78 is 6.36. The lowest BCUT2D eigenvalue weighted by Gasteiger charge is -2.05. The van der Waals surface area contributed by atoms with Gasteiger partial charge in [0, 0.05) is 5.56 Å². The highest BCUT2D eigenvalue weighted by atomic mass is 127. The van der Waals surface area contributed by atoms with Crippen molar-refractivity contribution in [2.45, 2.75) is 0 Å². The number of aromatic carboxylic acids is 1.